The van der Waals surface area contributed by atoms with Crippen molar-refractivity contribution >= 4 is 5.97 Å². The first-order chi connectivity index (χ1) is 4.79. The van der Waals surface area contributed by atoms with Crippen LogP contribution < -0.4 is 0 Å². The van der Waals surface area contributed by atoms with Gasteiger partial charge in [-0.2, -0.15) is 0 Å². The molecule has 0 amide bonds. The number of hydrogen-bond acceptors (Lipinski definition) is 1. The highest BCUT2D eigenvalue weighted by Crippen LogP contribution is 2.14. The van der Waals surface area contributed by atoms with E-state index in [9.17, 15) is 4.79 Å². The Morgan fingerprint density at radius 2 is 2.00 bits per heavy atom. The summed E-state index contributed by atoms with van der Waals surface area (Å²) in [6, 6.07) is 0. The molecule has 0 aliphatic heterocycles. The lowest BCUT2D eigenvalue weighted by atomic mass is 10.1. The van der Waals surface area contributed by atoms with E-state index in [0.29, 0.717) is 5.92 Å². The Balaban J connectivity index is 2.20. The van der Waals surface area contributed by atoms with Crippen molar-refractivity contribution in [3.05, 3.63) is 24.3 Å². The maximum Gasteiger partial charge on any atom is 0.303 e. The molecule has 1 N–H and O–H groups in total. The molecule has 10 heavy (non-hydrogen) atoms. The van der Waals surface area contributed by atoms with Gasteiger partial charge in [0.05, 0.1) is 0 Å². The molecule has 0 aromatic rings. The molecule has 1 aliphatic rings. The minimum Gasteiger partial charge on any atom is -0.481 e. The highest BCUT2D eigenvalue weighted by atomic mass is 16.4. The van der Waals surface area contributed by atoms with E-state index in [1.54, 1.807) is 0 Å². The molecule has 0 aromatic carbocycles. The number of carboxylic acid groups (broad SMARTS) is 1. The number of carboxylic acids is 1. The summed E-state index contributed by atoms with van der Waals surface area (Å²) in [5.41, 5.74) is 0. The molecule has 0 saturated carbocycles. The molecule has 0 unspecified atom stereocenters. The standard InChI is InChI=1S/C8H10O2/c9-8(10)6-5-7-3-1-2-4-7/h1-4,7H,5-6H2,(H,9,10). The molecule has 1 aliphatic carbocycles. The van der Waals surface area contributed by atoms with Gasteiger partial charge in [0.1, 0.15) is 0 Å². The molecule has 0 saturated heterocycles. The summed E-state index contributed by atoms with van der Waals surface area (Å²) in [5, 5.41) is 8.33. The summed E-state index contributed by atoms with van der Waals surface area (Å²) in [6.07, 6.45) is 8.92. The fraction of sp³-hybridized carbons (Fsp3) is 0.375. The van der Waals surface area contributed by atoms with Gasteiger partial charge in [0, 0.05) is 6.42 Å². The minimum absolute atomic E-state index is 0.263. The van der Waals surface area contributed by atoms with Crippen LogP contribution in [0, 0.1) is 5.92 Å². The van der Waals surface area contributed by atoms with Crippen molar-refractivity contribution in [1.29, 1.82) is 0 Å². The Morgan fingerprint density at radius 3 is 2.50 bits per heavy atom. The summed E-state index contributed by atoms with van der Waals surface area (Å²) in [4.78, 5) is 10.1. The van der Waals surface area contributed by atoms with Crippen LogP contribution in [0.25, 0.3) is 0 Å². The third-order valence-corrected chi connectivity index (χ3v) is 1.52. The van der Waals surface area contributed by atoms with Crippen LogP contribution in [0.5, 0.6) is 0 Å². The molecule has 0 aromatic heterocycles. The van der Waals surface area contributed by atoms with Crippen LogP contribution in [0.4, 0.5) is 0 Å². The first-order valence-electron chi connectivity index (χ1n) is 3.36. The summed E-state index contributed by atoms with van der Waals surface area (Å²) in [5.74, 6) is -0.357. The van der Waals surface area contributed by atoms with Crippen LogP contribution in [0.1, 0.15) is 12.8 Å². The predicted octanol–water partition coefficient (Wildman–Crippen LogP) is 1.59. The first-order valence-corrected chi connectivity index (χ1v) is 3.36. The SMILES string of the molecule is O=C(O)CCC1C=CC=C1. The normalized spacial score (nSPS) is 16.4. The van der Waals surface area contributed by atoms with E-state index in [0.717, 1.165) is 6.42 Å². The van der Waals surface area contributed by atoms with Gasteiger partial charge < -0.3 is 5.11 Å². The number of aliphatic carboxylic acids is 1. The van der Waals surface area contributed by atoms with Gasteiger partial charge in [-0.3, -0.25) is 4.79 Å². The third-order valence-electron chi connectivity index (χ3n) is 1.52. The molecule has 0 atom stereocenters. The van der Waals surface area contributed by atoms with E-state index >= 15 is 0 Å². The maximum atomic E-state index is 10.1. The quantitative estimate of drug-likeness (QED) is 0.643. The predicted molar refractivity (Wildman–Crippen MR) is 38.6 cm³/mol. The van der Waals surface area contributed by atoms with E-state index in [-0.39, 0.29) is 6.42 Å². The smallest absolute Gasteiger partial charge is 0.303 e. The molecule has 0 bridgehead atoms. The molecule has 0 heterocycles. The lowest BCUT2D eigenvalue weighted by molar-refractivity contribution is -0.137. The summed E-state index contributed by atoms with van der Waals surface area (Å²) < 4.78 is 0. The van der Waals surface area contributed by atoms with E-state index in [2.05, 4.69) is 0 Å². The largest absolute Gasteiger partial charge is 0.481 e. The van der Waals surface area contributed by atoms with Crippen molar-refractivity contribution in [3.63, 3.8) is 0 Å². The van der Waals surface area contributed by atoms with E-state index < -0.39 is 5.97 Å². The summed E-state index contributed by atoms with van der Waals surface area (Å²) in [7, 11) is 0. The van der Waals surface area contributed by atoms with Gasteiger partial charge in [-0.1, -0.05) is 24.3 Å². The van der Waals surface area contributed by atoms with Gasteiger partial charge in [-0.15, -0.1) is 0 Å². The number of rotatable bonds is 3. The van der Waals surface area contributed by atoms with E-state index in [1.165, 1.54) is 0 Å². The molecular weight excluding hydrogens is 128 g/mol. The van der Waals surface area contributed by atoms with Crippen molar-refractivity contribution in [2.24, 2.45) is 5.92 Å². The lowest BCUT2D eigenvalue weighted by Crippen LogP contribution is -1.98. The average molecular weight is 138 g/mol. The van der Waals surface area contributed by atoms with Crippen molar-refractivity contribution < 1.29 is 9.90 Å². The van der Waals surface area contributed by atoms with Crippen molar-refractivity contribution in [1.82, 2.24) is 0 Å². The summed E-state index contributed by atoms with van der Waals surface area (Å²) in [6.45, 7) is 0. The molecule has 0 spiro atoms. The number of hydrogen-bond donors (Lipinski definition) is 1. The molecule has 2 nitrogen and oxygen atoms in total. The van der Waals surface area contributed by atoms with Crippen LogP contribution >= 0.6 is 0 Å². The molecule has 0 fully saturated rings. The Hall–Kier alpha value is -1.05. The van der Waals surface area contributed by atoms with Crippen molar-refractivity contribution in [3.8, 4) is 0 Å². The van der Waals surface area contributed by atoms with Crippen LogP contribution in [-0.2, 0) is 4.79 Å². The molecule has 1 rings (SSSR count). The Morgan fingerprint density at radius 1 is 1.40 bits per heavy atom. The number of allylic oxidation sites excluding steroid dienone is 4. The second-order valence-corrected chi connectivity index (χ2v) is 2.37. The Bertz CT molecular complexity index is 168. The zero-order valence-electron chi connectivity index (χ0n) is 5.66. The van der Waals surface area contributed by atoms with Crippen LogP contribution in [0.3, 0.4) is 0 Å². The van der Waals surface area contributed by atoms with Gasteiger partial charge >= 0.3 is 5.97 Å². The summed E-state index contributed by atoms with van der Waals surface area (Å²) >= 11 is 0. The second-order valence-electron chi connectivity index (χ2n) is 2.37. The monoisotopic (exact) mass is 138 g/mol. The third kappa shape index (κ3) is 2.05. The Labute approximate surface area is 59.9 Å². The molecule has 54 valence electrons. The fourth-order valence-electron chi connectivity index (χ4n) is 0.960. The van der Waals surface area contributed by atoms with E-state index in [1.807, 2.05) is 24.3 Å². The number of carbonyl (C=O) groups is 1. The highest BCUT2D eigenvalue weighted by Gasteiger charge is 2.05. The molecular formula is C8H10O2. The lowest BCUT2D eigenvalue weighted by Gasteiger charge is -1.99. The zero-order valence-corrected chi connectivity index (χ0v) is 5.66. The first kappa shape index (κ1) is 7.06. The van der Waals surface area contributed by atoms with Gasteiger partial charge in [-0.25, -0.2) is 0 Å². The zero-order chi connectivity index (χ0) is 7.40. The van der Waals surface area contributed by atoms with Gasteiger partial charge in [0.15, 0.2) is 0 Å². The van der Waals surface area contributed by atoms with Crippen molar-refractivity contribution in [2.75, 3.05) is 0 Å². The van der Waals surface area contributed by atoms with Crippen molar-refractivity contribution in [2.45, 2.75) is 12.8 Å². The maximum absolute atomic E-state index is 10.1. The fourth-order valence-corrected chi connectivity index (χ4v) is 0.960. The second kappa shape index (κ2) is 3.20. The van der Waals surface area contributed by atoms with Gasteiger partial charge in [-0.05, 0) is 12.3 Å². The van der Waals surface area contributed by atoms with Crippen LogP contribution in [-0.4, -0.2) is 11.1 Å². The van der Waals surface area contributed by atoms with Crippen LogP contribution in [0.15, 0.2) is 24.3 Å². The topological polar surface area (TPSA) is 37.3 Å². The van der Waals surface area contributed by atoms with Crippen LogP contribution in [0.2, 0.25) is 0 Å². The van der Waals surface area contributed by atoms with E-state index in [4.69, 9.17) is 5.11 Å². The van der Waals surface area contributed by atoms with Gasteiger partial charge in [0.2, 0.25) is 0 Å². The average Bonchev–Trinajstić information content (AvgIpc) is 2.34. The minimum atomic E-state index is -0.714. The Kier molecular flexibility index (Phi) is 2.26. The highest BCUT2D eigenvalue weighted by molar-refractivity contribution is 5.66. The molecule has 0 radical (unpaired) electrons. The van der Waals surface area contributed by atoms with Gasteiger partial charge in [0.25, 0.3) is 0 Å². The molecule has 2 heteroatoms.